The van der Waals surface area contributed by atoms with Crippen molar-refractivity contribution in [3.8, 4) is 11.4 Å². The standard InChI is InChI=1S/C58H63BN2/c1-54(2,3)35-19-23-39(24-20-35)60-48-25-21-36(55(4,5)6)29-40(48)42-33-46-45(34-51(42)60)58(27-14-13-15-28-58)44-17-16-18-50-52(44)59(46)47-32-38(57(10,11)12)31-43-41-30-37(56(7,8)9)22-26-49(41)61(50)53(43)47/h16-26,29-34H,13-15,27-28H2,1-12H3. The predicted octanol–water partition coefficient (Wildman–Crippen LogP) is 13.5. The van der Waals surface area contributed by atoms with E-state index in [0.29, 0.717) is 0 Å². The van der Waals surface area contributed by atoms with Crippen LogP contribution in [0, 0.1) is 0 Å². The first-order chi connectivity index (χ1) is 28.8. The van der Waals surface area contributed by atoms with Gasteiger partial charge in [-0.05, 0) is 133 Å². The summed E-state index contributed by atoms with van der Waals surface area (Å²) in [5, 5.41) is 5.50. The van der Waals surface area contributed by atoms with Gasteiger partial charge >= 0.3 is 0 Å². The van der Waals surface area contributed by atoms with E-state index < -0.39 is 0 Å². The van der Waals surface area contributed by atoms with Crippen LogP contribution < -0.4 is 16.4 Å². The van der Waals surface area contributed by atoms with Crippen LogP contribution in [0.4, 0.5) is 0 Å². The van der Waals surface area contributed by atoms with Crippen LogP contribution >= 0.6 is 0 Å². The van der Waals surface area contributed by atoms with Crippen LogP contribution in [0.1, 0.15) is 149 Å². The van der Waals surface area contributed by atoms with Crippen molar-refractivity contribution in [3.05, 3.63) is 137 Å². The van der Waals surface area contributed by atoms with Gasteiger partial charge in [0.15, 0.2) is 0 Å². The minimum absolute atomic E-state index is 0.00803. The van der Waals surface area contributed by atoms with E-state index in [2.05, 4.69) is 195 Å². The molecule has 6 aromatic carbocycles. The number of hydrogen-bond donors (Lipinski definition) is 0. The van der Waals surface area contributed by atoms with Crippen LogP contribution in [0.5, 0.6) is 0 Å². The van der Waals surface area contributed by atoms with Crippen molar-refractivity contribution in [2.45, 2.75) is 142 Å². The van der Waals surface area contributed by atoms with E-state index in [0.717, 1.165) is 0 Å². The lowest BCUT2D eigenvalue weighted by Gasteiger charge is -2.47. The van der Waals surface area contributed by atoms with Gasteiger partial charge in [0, 0.05) is 43.9 Å². The van der Waals surface area contributed by atoms with E-state index in [1.54, 1.807) is 16.6 Å². The van der Waals surface area contributed by atoms with Gasteiger partial charge in [0.1, 0.15) is 0 Å². The van der Waals surface area contributed by atoms with Crippen LogP contribution in [0.15, 0.2) is 103 Å². The normalized spacial score (nSPS) is 16.3. The van der Waals surface area contributed by atoms with Gasteiger partial charge in [0.05, 0.1) is 16.6 Å². The van der Waals surface area contributed by atoms with Gasteiger partial charge in [-0.15, -0.1) is 0 Å². The molecule has 0 bridgehead atoms. The number of aromatic nitrogens is 2. The first-order valence-corrected chi connectivity index (χ1v) is 23.3. The number of benzene rings is 6. The van der Waals surface area contributed by atoms with Crippen LogP contribution in [-0.4, -0.2) is 15.8 Å². The Morgan fingerprint density at radius 2 is 0.984 bits per heavy atom. The fourth-order valence-electron chi connectivity index (χ4n) is 11.9. The van der Waals surface area contributed by atoms with Crippen molar-refractivity contribution < 1.29 is 0 Å². The molecule has 3 heteroatoms. The van der Waals surface area contributed by atoms with Crippen LogP contribution in [0.2, 0.25) is 0 Å². The van der Waals surface area contributed by atoms with Gasteiger partial charge in [-0.2, -0.15) is 0 Å². The molecule has 1 fully saturated rings. The minimum Gasteiger partial charge on any atom is -0.310 e. The largest absolute Gasteiger partial charge is 0.310 e. The second-order valence-corrected chi connectivity index (χ2v) is 23.4. The Balaban J connectivity index is 1.29. The molecule has 3 aliphatic rings. The predicted molar refractivity (Wildman–Crippen MR) is 265 cm³/mol. The van der Waals surface area contributed by atoms with Crippen LogP contribution in [0.3, 0.4) is 0 Å². The molecule has 2 aliphatic heterocycles. The van der Waals surface area contributed by atoms with Crippen LogP contribution in [0.25, 0.3) is 55.0 Å². The Morgan fingerprint density at radius 1 is 0.443 bits per heavy atom. The van der Waals surface area contributed by atoms with Crippen molar-refractivity contribution in [1.82, 2.24) is 9.13 Å². The summed E-state index contributed by atoms with van der Waals surface area (Å²) in [5.41, 5.74) is 21.3. The Labute approximate surface area is 364 Å². The zero-order valence-electron chi connectivity index (χ0n) is 38.8. The first-order valence-electron chi connectivity index (χ1n) is 23.3. The molecule has 0 atom stereocenters. The molecule has 4 heterocycles. The molecule has 0 radical (unpaired) electrons. The van der Waals surface area contributed by atoms with Gasteiger partial charge in [0.2, 0.25) is 6.71 Å². The molecule has 61 heavy (non-hydrogen) atoms. The summed E-state index contributed by atoms with van der Waals surface area (Å²) >= 11 is 0. The SMILES string of the molecule is CC(C)(C)c1ccc(-n2c3ccc(C(C)(C)C)cc3c3cc4c(cc32)C2(CCCCC2)c2cccc3c2B4c2cc(C(C)(C)C)cc4c5cc(C(C)(C)C)ccc5n-3c24)cc1. The van der Waals surface area contributed by atoms with Crippen molar-refractivity contribution in [3.63, 3.8) is 0 Å². The average molecular weight is 799 g/mol. The third kappa shape index (κ3) is 5.54. The summed E-state index contributed by atoms with van der Waals surface area (Å²) in [5.74, 6) is 0. The van der Waals surface area contributed by atoms with E-state index in [1.807, 2.05) is 0 Å². The zero-order valence-corrected chi connectivity index (χ0v) is 38.8. The van der Waals surface area contributed by atoms with E-state index in [1.165, 1.54) is 120 Å². The lowest BCUT2D eigenvalue weighted by molar-refractivity contribution is 0.348. The second-order valence-electron chi connectivity index (χ2n) is 23.4. The highest BCUT2D eigenvalue weighted by atomic mass is 15.0. The van der Waals surface area contributed by atoms with E-state index in [4.69, 9.17) is 0 Å². The summed E-state index contributed by atoms with van der Waals surface area (Å²) in [4.78, 5) is 0. The first kappa shape index (κ1) is 38.9. The monoisotopic (exact) mass is 799 g/mol. The maximum Gasteiger partial charge on any atom is 0.247 e. The summed E-state index contributed by atoms with van der Waals surface area (Å²) < 4.78 is 5.27. The lowest BCUT2D eigenvalue weighted by atomic mass is 9.29. The van der Waals surface area contributed by atoms with Gasteiger partial charge < -0.3 is 9.13 Å². The number of fused-ring (bicyclic) bond motifs is 12. The molecule has 0 saturated heterocycles. The molecule has 1 spiro atoms. The van der Waals surface area contributed by atoms with Gasteiger partial charge in [0.25, 0.3) is 0 Å². The highest BCUT2D eigenvalue weighted by molar-refractivity contribution is 6.99. The fourth-order valence-corrected chi connectivity index (χ4v) is 11.9. The highest BCUT2D eigenvalue weighted by Gasteiger charge is 2.50. The fraction of sp³-hybridized carbons (Fsp3) is 0.379. The molecular weight excluding hydrogens is 735 g/mol. The van der Waals surface area contributed by atoms with E-state index in [-0.39, 0.29) is 33.8 Å². The maximum atomic E-state index is 2.70. The average Bonchev–Trinajstić information content (AvgIpc) is 3.71. The Bertz CT molecular complexity index is 3130. The molecule has 11 rings (SSSR count). The Hall–Kier alpha value is -5.02. The van der Waals surface area contributed by atoms with E-state index in [9.17, 15) is 0 Å². The molecule has 308 valence electrons. The highest BCUT2D eigenvalue weighted by Crippen LogP contribution is 2.50. The zero-order chi connectivity index (χ0) is 42.8. The molecular formula is C58H63BN2. The topological polar surface area (TPSA) is 9.86 Å². The molecule has 1 aliphatic carbocycles. The summed E-state index contributed by atoms with van der Waals surface area (Å²) in [7, 11) is 0. The summed E-state index contributed by atoms with van der Waals surface area (Å²) in [6, 6.07) is 42.1. The van der Waals surface area contributed by atoms with Gasteiger partial charge in [-0.3, -0.25) is 0 Å². The molecule has 2 nitrogen and oxygen atoms in total. The van der Waals surface area contributed by atoms with Crippen LogP contribution in [-0.2, 0) is 27.1 Å². The maximum absolute atomic E-state index is 2.70. The molecule has 2 aromatic heterocycles. The Kier molecular flexibility index (Phi) is 8.00. The van der Waals surface area contributed by atoms with Crippen molar-refractivity contribution in [1.29, 1.82) is 0 Å². The molecule has 0 amide bonds. The molecule has 0 N–H and O–H groups in total. The third-order valence-electron chi connectivity index (χ3n) is 15.4. The van der Waals surface area contributed by atoms with Crippen molar-refractivity contribution in [2.75, 3.05) is 0 Å². The second kappa shape index (κ2) is 12.6. The van der Waals surface area contributed by atoms with Gasteiger partial charge in [-0.25, -0.2) is 0 Å². The number of nitrogens with zero attached hydrogens (tertiary/aromatic N) is 2. The molecule has 1 saturated carbocycles. The summed E-state index contributed by atoms with van der Waals surface area (Å²) in [6.45, 7) is 28.4. The molecule has 8 aromatic rings. The summed E-state index contributed by atoms with van der Waals surface area (Å²) in [6.07, 6.45) is 6.21. The Morgan fingerprint density at radius 3 is 1.59 bits per heavy atom. The smallest absolute Gasteiger partial charge is 0.247 e. The quantitative estimate of drug-likeness (QED) is 0.146. The van der Waals surface area contributed by atoms with Crippen molar-refractivity contribution >= 4 is 66.7 Å². The van der Waals surface area contributed by atoms with Crippen molar-refractivity contribution in [2.24, 2.45) is 0 Å². The number of rotatable bonds is 1. The minimum atomic E-state index is -0.0435. The number of hydrogen-bond acceptors (Lipinski definition) is 0. The van der Waals surface area contributed by atoms with Gasteiger partial charge in [-0.1, -0.05) is 156 Å². The lowest BCUT2D eigenvalue weighted by Crippen LogP contribution is -2.64. The molecule has 0 unspecified atom stereocenters. The third-order valence-corrected chi connectivity index (χ3v) is 15.4. The van der Waals surface area contributed by atoms with E-state index >= 15 is 0 Å².